The number of nitrogen functional groups attached to an aromatic ring is 1. The minimum absolute atomic E-state index is 0. The second-order valence-corrected chi connectivity index (χ2v) is 29.5. The van der Waals surface area contributed by atoms with Crippen molar-refractivity contribution in [3.63, 3.8) is 0 Å². The standard InChI is InChI=1S/C19H18F6N4O2.C14H18BF4NO3.C11H12BrF2N3O.C7H3BrClF2N3.C5H6BrN3.C4Cl2F4O3.C4H10O.5CH4/c1-10(2)9-30-19(24,25)17-28-27-15-5-4-12(8-29(15)17)13-6-14(20)16(26-7-13)31-11(3)18(21,22)23;1-8(14(17,18)19)21-11-10(16)6-9(7-20-11)15-22-12(2,3)13(4,5)23-15;1-7(2)6-18-11(13,14)10-16-15-9-4-3-8(12)5-17(9)10;8-4-1-2-5-12-13-6(7(9,10)11)14(5)3-4;6-4-1-2-5(9-7)8-3-4;5-3(7,8)1(11)13-2(12)4(6,9)10;1-4(2)3-5;;;;;/h4-8,10-11H,9H2,1-3H3;6-8H,1-5H3;3-5,7H,6H2,1-2H3;1-3H;1-3H,7H2,(H,8,9);;4-5H,3H2,1-2H3;5*1H4/t11-;8-;;;;;;;;;;/m00........../s1. The molecule has 1 aliphatic heterocycles. The van der Waals surface area contributed by atoms with Crippen molar-refractivity contribution in [3.8, 4) is 22.9 Å². The summed E-state index contributed by atoms with van der Waals surface area (Å²) < 4.78 is 271. The molecule has 4 N–H and O–H groups in total. The van der Waals surface area contributed by atoms with E-state index in [1.165, 1.54) is 41.3 Å². The van der Waals surface area contributed by atoms with E-state index in [2.05, 4.69) is 146 Å². The summed E-state index contributed by atoms with van der Waals surface area (Å²) in [6.45, 7) is 19.8. The zero-order valence-electron chi connectivity index (χ0n) is 60.5. The highest BCUT2D eigenvalue weighted by molar-refractivity contribution is 9.11. The number of carbonyl (C=O) groups excluding carboxylic acids is 2. The molecule has 9 aromatic heterocycles. The highest BCUT2D eigenvalue weighted by atomic mass is 79.9. The van der Waals surface area contributed by atoms with Crippen LogP contribution in [0.1, 0.15) is 138 Å². The summed E-state index contributed by atoms with van der Waals surface area (Å²) in [7, 11) is -0.851. The van der Waals surface area contributed by atoms with Crippen LogP contribution in [0.25, 0.3) is 28.1 Å². The first-order valence-electron chi connectivity index (χ1n) is 31.9. The van der Waals surface area contributed by atoms with Gasteiger partial charge in [-0.25, -0.2) is 39.2 Å². The number of carbonyl (C=O) groups is 2. The quantitative estimate of drug-likeness (QED) is 0.0129. The monoisotopic (exact) mass is 1970 g/mol. The van der Waals surface area contributed by atoms with E-state index < -0.39 is 124 Å². The van der Waals surface area contributed by atoms with Gasteiger partial charge in [0.1, 0.15) is 5.82 Å². The van der Waals surface area contributed by atoms with Gasteiger partial charge in [0, 0.05) is 73.8 Å². The minimum atomic E-state index is -4.69. The first kappa shape index (κ1) is 113. The van der Waals surface area contributed by atoms with E-state index in [0.717, 1.165) is 45.5 Å². The molecule has 9 aromatic rings. The lowest BCUT2D eigenvalue weighted by atomic mass is 9.80. The van der Waals surface area contributed by atoms with Crippen LogP contribution in [0, 0.1) is 29.4 Å². The molecule has 2 atom stereocenters. The van der Waals surface area contributed by atoms with E-state index >= 15 is 0 Å². The van der Waals surface area contributed by atoms with Crippen molar-refractivity contribution < 1.29 is 127 Å². The normalized spacial score (nSPS) is 13.6. The zero-order chi connectivity index (χ0) is 86.1. The second kappa shape index (κ2) is 46.7. The number of esters is 2. The number of anilines is 1. The molecule has 0 radical (unpaired) electrons. The van der Waals surface area contributed by atoms with Crippen molar-refractivity contribution in [2.45, 2.75) is 184 Å². The Balaban J connectivity index is 0. The van der Waals surface area contributed by atoms with E-state index in [0.29, 0.717) is 38.6 Å². The topological polar surface area (TPSA) is 286 Å². The third-order valence-electron chi connectivity index (χ3n) is 14.0. The molecule has 1 saturated heterocycles. The fraction of sp³-hybridized carbons (Fsp3) is 0.493. The number of ether oxygens (including phenoxy) is 5. The fourth-order valence-corrected chi connectivity index (χ4v) is 8.60. The van der Waals surface area contributed by atoms with Gasteiger partial charge in [-0.3, -0.25) is 13.2 Å². The molecule has 0 spiro atoms. The molecule has 24 nitrogen and oxygen atoms in total. The number of hydrazine groups is 1. The SMILES string of the molecule is C.C.C.C.C.CC(C)CO.CC(C)COC(F)(F)c1nnc2ccc(-c3cnc(O[C@@H](C)C(F)(F)F)c(F)c3)cn12.CC(C)COC(F)(F)c1nnc2ccc(Br)cn12.C[C@H](Oc1ncc(B2OC(C)(C)C(C)(C)O2)cc1F)C(F)(F)F.FC(F)(Cl)c1nnc2ccc(Br)cn12.NNc1ccc(Br)cn1.O=C(OC(=O)C(F)(F)Cl)C(F)(F)Cl. The Morgan fingerprint density at radius 2 is 0.881 bits per heavy atom. The third-order valence-corrected chi connectivity index (χ3v) is 15.9. The van der Waals surface area contributed by atoms with Crippen LogP contribution in [-0.4, -0.2) is 149 Å². The Morgan fingerprint density at radius 1 is 0.517 bits per heavy atom. The number of nitrogens with one attached hydrogen (secondary N) is 1. The zero-order valence-corrected chi connectivity index (χ0v) is 67.5. The Hall–Kier alpha value is -7.28. The van der Waals surface area contributed by atoms with E-state index in [4.69, 9.17) is 31.9 Å². The molecular formula is C69H87BBr3Cl3F18N14O10. The largest absolute Gasteiger partial charge is 0.496 e. The predicted molar refractivity (Wildman–Crippen MR) is 417 cm³/mol. The van der Waals surface area contributed by atoms with Gasteiger partial charge < -0.3 is 43.5 Å². The Labute approximate surface area is 707 Å². The van der Waals surface area contributed by atoms with Crippen molar-refractivity contribution in [2.24, 2.45) is 23.6 Å². The number of hydrogen-bond donors (Lipinski definition) is 3. The van der Waals surface area contributed by atoms with Crippen LogP contribution in [0.15, 0.2) is 111 Å². The van der Waals surface area contributed by atoms with Crippen molar-refractivity contribution in [1.29, 1.82) is 0 Å². The van der Waals surface area contributed by atoms with E-state index in [9.17, 15) is 88.6 Å². The van der Waals surface area contributed by atoms with Gasteiger partial charge in [-0.1, -0.05) is 78.7 Å². The molecule has 10 rings (SSSR count). The van der Waals surface area contributed by atoms with Crippen molar-refractivity contribution in [1.82, 2.24) is 58.7 Å². The van der Waals surface area contributed by atoms with Crippen LogP contribution >= 0.6 is 82.6 Å². The molecule has 0 aliphatic carbocycles. The Kier molecular flexibility index (Phi) is 44.6. The number of rotatable bonds is 19. The fourth-order valence-electron chi connectivity index (χ4n) is 7.49. The Morgan fingerprint density at radius 3 is 1.22 bits per heavy atom. The number of alkyl halides is 19. The number of aliphatic hydroxyl groups excluding tert-OH is 1. The maximum Gasteiger partial charge on any atom is 0.496 e. The highest BCUT2D eigenvalue weighted by Crippen LogP contribution is 2.39. The van der Waals surface area contributed by atoms with Gasteiger partial charge in [-0.15, -0.1) is 30.6 Å². The summed E-state index contributed by atoms with van der Waals surface area (Å²) in [5, 5.41) is 16.8. The van der Waals surface area contributed by atoms with Gasteiger partial charge in [0.2, 0.25) is 17.5 Å². The van der Waals surface area contributed by atoms with Crippen molar-refractivity contribution in [3.05, 3.63) is 140 Å². The molecule has 1 aliphatic rings. The van der Waals surface area contributed by atoms with Gasteiger partial charge in [0.25, 0.3) is 11.8 Å². The van der Waals surface area contributed by atoms with Crippen LogP contribution in [0.3, 0.4) is 0 Å². The lowest BCUT2D eigenvalue weighted by molar-refractivity contribution is -0.259. The molecule has 664 valence electrons. The number of nitrogens with zero attached hydrogens (tertiary/aromatic N) is 12. The van der Waals surface area contributed by atoms with Crippen LogP contribution < -0.4 is 26.2 Å². The van der Waals surface area contributed by atoms with Crippen molar-refractivity contribution in [2.75, 3.05) is 25.2 Å². The van der Waals surface area contributed by atoms with Gasteiger partial charge in [-0.05, 0) is 203 Å². The molecule has 118 heavy (non-hydrogen) atoms. The lowest BCUT2D eigenvalue weighted by Crippen LogP contribution is -2.41. The summed E-state index contributed by atoms with van der Waals surface area (Å²) in [6, 6.07) is 14.9. The number of pyridine rings is 6. The van der Waals surface area contributed by atoms with Crippen LogP contribution in [0.4, 0.5) is 84.8 Å². The summed E-state index contributed by atoms with van der Waals surface area (Å²) in [5.74, 6) is -4.72. The van der Waals surface area contributed by atoms with Crippen molar-refractivity contribution >= 4 is 130 Å². The maximum absolute atomic E-state index is 14.4. The van der Waals surface area contributed by atoms with Crippen LogP contribution in [0.2, 0.25) is 0 Å². The van der Waals surface area contributed by atoms with Crippen LogP contribution in [-0.2, 0) is 50.7 Å². The average Bonchev–Trinajstić information content (AvgIpc) is 1.62. The maximum atomic E-state index is 14.4. The first-order chi connectivity index (χ1) is 51.7. The number of fused-ring (bicyclic) bond motifs is 3. The van der Waals surface area contributed by atoms with Gasteiger partial charge in [0.05, 0.1) is 24.4 Å². The van der Waals surface area contributed by atoms with Gasteiger partial charge >= 0.3 is 59.8 Å². The Bertz CT molecular complexity index is 4550. The van der Waals surface area contributed by atoms with Gasteiger partial charge in [0.15, 0.2) is 40.8 Å². The van der Waals surface area contributed by atoms with Gasteiger partial charge in [-0.2, -0.15) is 70.2 Å². The first-order valence-corrected chi connectivity index (χ1v) is 35.5. The second-order valence-electron chi connectivity index (χ2n) is 25.3. The summed E-state index contributed by atoms with van der Waals surface area (Å²) in [4.78, 5) is 31.1. The number of hydrogen-bond acceptors (Lipinski definition) is 21. The molecule has 49 heteroatoms. The van der Waals surface area contributed by atoms with E-state index in [1.807, 2.05) is 47.6 Å². The number of aromatic nitrogens is 12. The lowest BCUT2D eigenvalue weighted by Gasteiger charge is -2.32. The molecule has 0 amide bonds. The number of nitrogens with two attached hydrogens (primary N) is 1. The number of halogens is 24. The van der Waals surface area contributed by atoms with Crippen LogP contribution in [0.5, 0.6) is 11.8 Å². The molecule has 0 unspecified atom stereocenters. The van der Waals surface area contributed by atoms with E-state index in [-0.39, 0.29) is 84.4 Å². The number of aliphatic hydroxyl groups is 1. The summed E-state index contributed by atoms with van der Waals surface area (Å²) in [5.41, 5.74) is 2.59. The molecule has 1 fully saturated rings. The summed E-state index contributed by atoms with van der Waals surface area (Å²) >= 11 is 22.5. The predicted octanol–water partition coefficient (Wildman–Crippen LogP) is 20.5. The highest BCUT2D eigenvalue weighted by Gasteiger charge is 2.53. The smallest absolute Gasteiger partial charge is 0.463 e. The van der Waals surface area contributed by atoms with E-state index in [1.54, 1.807) is 64.2 Å². The minimum Gasteiger partial charge on any atom is -0.463 e. The molecule has 0 bridgehead atoms. The summed E-state index contributed by atoms with van der Waals surface area (Å²) in [6.07, 6.45) is -12.8. The average molecular weight is 1970 g/mol. The molecule has 0 saturated carbocycles. The molecular weight excluding hydrogens is 1880 g/mol. The molecule has 0 aromatic carbocycles. The third kappa shape index (κ3) is 34.3. The molecule has 10 heterocycles.